The van der Waals surface area contributed by atoms with E-state index in [9.17, 15) is 4.79 Å². The molecule has 0 spiro atoms. The molecule has 0 saturated carbocycles. The molecule has 0 bridgehead atoms. The first-order valence-electron chi connectivity index (χ1n) is 15.2. The molecule has 1 aliphatic rings. The first-order chi connectivity index (χ1) is 21.8. The van der Waals surface area contributed by atoms with Crippen LogP contribution in [0, 0.1) is 0 Å². The summed E-state index contributed by atoms with van der Waals surface area (Å²) >= 11 is 0. The molecule has 214 valence electrons. The van der Waals surface area contributed by atoms with Crippen molar-refractivity contribution in [1.29, 1.82) is 0 Å². The Hall–Kier alpha value is -5.41. The molecular weight excluding hydrogens is 538 g/mol. The van der Waals surface area contributed by atoms with Crippen LogP contribution in [-0.4, -0.2) is 17.5 Å². The molecule has 0 unspecified atom stereocenters. The van der Waals surface area contributed by atoms with Gasteiger partial charge in [0.1, 0.15) is 6.61 Å². The molecule has 0 saturated heterocycles. The van der Waals surface area contributed by atoms with Gasteiger partial charge < -0.3 is 9.64 Å². The van der Waals surface area contributed by atoms with Gasteiger partial charge in [-0.15, -0.1) is 0 Å². The third kappa shape index (κ3) is 5.41. The van der Waals surface area contributed by atoms with Crippen LogP contribution in [-0.2, 0) is 24.3 Å². The minimum absolute atomic E-state index is 0.256. The smallest absolute Gasteiger partial charge is 0.410 e. The number of hydrogen-bond donors (Lipinski definition) is 0. The van der Waals surface area contributed by atoms with Crippen molar-refractivity contribution in [3.8, 4) is 44.5 Å². The van der Waals surface area contributed by atoms with Gasteiger partial charge in [-0.3, -0.25) is 0 Å². The van der Waals surface area contributed by atoms with Gasteiger partial charge in [0, 0.05) is 13.1 Å². The lowest BCUT2D eigenvalue weighted by Crippen LogP contribution is -2.37. The van der Waals surface area contributed by atoms with Crippen molar-refractivity contribution >= 4 is 6.09 Å². The van der Waals surface area contributed by atoms with Gasteiger partial charge in [0.25, 0.3) is 0 Å². The lowest BCUT2D eigenvalue weighted by Gasteiger charge is -2.35. The maximum atomic E-state index is 13.5. The van der Waals surface area contributed by atoms with E-state index in [0.717, 1.165) is 23.1 Å². The summed E-state index contributed by atoms with van der Waals surface area (Å²) in [5, 5.41) is 0. The molecule has 0 aromatic heterocycles. The molecule has 1 aliphatic heterocycles. The maximum absolute atomic E-state index is 13.5. The summed E-state index contributed by atoms with van der Waals surface area (Å²) in [6.07, 6.45) is 0.447. The molecule has 3 nitrogen and oxygen atoms in total. The van der Waals surface area contributed by atoms with Crippen LogP contribution in [0.15, 0.2) is 152 Å². The van der Waals surface area contributed by atoms with E-state index in [2.05, 4.69) is 121 Å². The Morgan fingerprint density at radius 3 is 1.34 bits per heavy atom. The van der Waals surface area contributed by atoms with E-state index in [-0.39, 0.29) is 12.7 Å². The number of hydrogen-bond acceptors (Lipinski definition) is 2. The lowest BCUT2D eigenvalue weighted by atomic mass is 9.75. The van der Waals surface area contributed by atoms with Crippen molar-refractivity contribution in [2.24, 2.45) is 0 Å². The van der Waals surface area contributed by atoms with Gasteiger partial charge in [0.05, 0.1) is 0 Å². The Bertz CT molecular complexity index is 1870. The highest BCUT2D eigenvalue weighted by atomic mass is 16.6. The Kier molecular flexibility index (Phi) is 7.76. The fourth-order valence-corrected chi connectivity index (χ4v) is 6.42. The van der Waals surface area contributed by atoms with Crippen LogP contribution in [0.5, 0.6) is 0 Å². The van der Waals surface area contributed by atoms with Gasteiger partial charge in [-0.2, -0.15) is 0 Å². The average Bonchev–Trinajstić information content (AvgIpc) is 3.11. The molecule has 0 aliphatic carbocycles. The third-order valence-corrected chi connectivity index (χ3v) is 8.41. The van der Waals surface area contributed by atoms with Crippen LogP contribution in [0.2, 0.25) is 0 Å². The molecule has 7 rings (SSSR count). The summed E-state index contributed by atoms with van der Waals surface area (Å²) in [4.78, 5) is 15.4. The van der Waals surface area contributed by atoms with Crippen molar-refractivity contribution in [2.45, 2.75) is 19.6 Å². The third-order valence-electron chi connectivity index (χ3n) is 8.41. The van der Waals surface area contributed by atoms with Crippen LogP contribution < -0.4 is 0 Å². The van der Waals surface area contributed by atoms with E-state index in [1.54, 1.807) is 0 Å². The average molecular weight is 572 g/mol. The maximum Gasteiger partial charge on any atom is 0.410 e. The topological polar surface area (TPSA) is 29.5 Å². The van der Waals surface area contributed by atoms with E-state index in [4.69, 9.17) is 4.74 Å². The van der Waals surface area contributed by atoms with Crippen molar-refractivity contribution in [1.82, 2.24) is 4.90 Å². The number of nitrogens with zero attached hydrogens (tertiary/aromatic N) is 1. The lowest BCUT2D eigenvalue weighted by molar-refractivity contribution is 0.0920. The number of fused-ring (bicyclic) bond motifs is 1. The Morgan fingerprint density at radius 1 is 0.500 bits per heavy atom. The highest BCUT2D eigenvalue weighted by Gasteiger charge is 2.32. The highest BCUT2D eigenvalue weighted by molar-refractivity contribution is 6.04. The standard InChI is InChI=1S/C41H33NO2/c43-41(44-29-30-16-6-1-7-17-30)42-27-26-35-36(28-42)38(32-20-10-3-11-21-32)40(34-24-14-5-15-25-34)39(33-22-12-4-13-23-33)37(35)31-18-8-2-9-19-31/h1-25H,26-29H2. The van der Waals surface area contributed by atoms with Gasteiger partial charge in [0.2, 0.25) is 0 Å². The minimum Gasteiger partial charge on any atom is -0.445 e. The minimum atomic E-state index is -0.284. The van der Waals surface area contributed by atoms with Gasteiger partial charge in [-0.1, -0.05) is 152 Å². The zero-order valence-corrected chi connectivity index (χ0v) is 24.5. The van der Waals surface area contributed by atoms with Crippen molar-refractivity contribution < 1.29 is 9.53 Å². The van der Waals surface area contributed by atoms with Crippen LogP contribution >= 0.6 is 0 Å². The van der Waals surface area contributed by atoms with Gasteiger partial charge >= 0.3 is 6.09 Å². The van der Waals surface area contributed by atoms with Crippen molar-refractivity contribution in [3.05, 3.63) is 168 Å². The van der Waals surface area contributed by atoms with Crippen LogP contribution in [0.1, 0.15) is 16.7 Å². The van der Waals surface area contributed by atoms with E-state index < -0.39 is 0 Å². The molecule has 0 atom stereocenters. The van der Waals surface area contributed by atoms with E-state index in [1.165, 1.54) is 44.5 Å². The summed E-state index contributed by atoms with van der Waals surface area (Å²) in [6, 6.07) is 52.6. The molecule has 0 radical (unpaired) electrons. The zero-order valence-electron chi connectivity index (χ0n) is 24.5. The SMILES string of the molecule is O=C(OCc1ccccc1)N1CCc2c(c(-c3ccccc3)c(-c3ccccc3)c(-c3ccccc3)c2-c2ccccc2)C1. The largest absolute Gasteiger partial charge is 0.445 e. The Balaban J connectivity index is 1.48. The van der Waals surface area contributed by atoms with Crippen LogP contribution in [0.3, 0.4) is 0 Å². The number of carbonyl (C=O) groups is 1. The van der Waals surface area contributed by atoms with Crippen LogP contribution in [0.4, 0.5) is 4.79 Å². The molecule has 0 N–H and O–H groups in total. The molecule has 0 fully saturated rings. The number of carbonyl (C=O) groups excluding carboxylic acids is 1. The first kappa shape index (κ1) is 27.4. The monoisotopic (exact) mass is 571 g/mol. The summed E-state index contributed by atoms with van der Waals surface area (Å²) < 4.78 is 5.84. The molecule has 3 heteroatoms. The Labute approximate surface area is 259 Å². The quantitative estimate of drug-likeness (QED) is 0.199. The summed E-state index contributed by atoms with van der Waals surface area (Å²) in [7, 11) is 0. The van der Waals surface area contributed by atoms with Gasteiger partial charge in [0.15, 0.2) is 0 Å². The van der Waals surface area contributed by atoms with Gasteiger partial charge in [-0.05, 0) is 67.6 Å². The predicted octanol–water partition coefficient (Wildman–Crippen LogP) is 10.0. The fourth-order valence-electron chi connectivity index (χ4n) is 6.42. The normalized spacial score (nSPS) is 12.4. The number of rotatable bonds is 6. The molecule has 1 heterocycles. The summed E-state index contributed by atoms with van der Waals surface area (Å²) in [5.74, 6) is 0. The summed E-state index contributed by atoms with van der Waals surface area (Å²) in [5.41, 5.74) is 12.9. The molecule has 44 heavy (non-hydrogen) atoms. The van der Waals surface area contributed by atoms with Crippen molar-refractivity contribution in [2.75, 3.05) is 6.54 Å². The first-order valence-corrected chi connectivity index (χ1v) is 15.2. The van der Waals surface area contributed by atoms with Crippen LogP contribution in [0.25, 0.3) is 44.5 Å². The molecule has 6 aromatic carbocycles. The van der Waals surface area contributed by atoms with E-state index in [1.807, 2.05) is 35.2 Å². The second-order valence-electron chi connectivity index (χ2n) is 11.1. The molecular formula is C41H33NO2. The fraction of sp³-hybridized carbons (Fsp3) is 0.0976. The van der Waals surface area contributed by atoms with E-state index in [0.29, 0.717) is 13.1 Å². The molecule has 6 aromatic rings. The Morgan fingerprint density at radius 2 is 0.886 bits per heavy atom. The molecule has 1 amide bonds. The second kappa shape index (κ2) is 12.4. The summed E-state index contributed by atoms with van der Waals surface area (Å²) in [6.45, 7) is 1.32. The van der Waals surface area contributed by atoms with Gasteiger partial charge in [-0.25, -0.2) is 4.79 Å². The number of ether oxygens (including phenoxy) is 1. The second-order valence-corrected chi connectivity index (χ2v) is 11.1. The number of benzene rings is 6. The zero-order chi connectivity index (χ0) is 29.7. The predicted molar refractivity (Wildman–Crippen MR) is 179 cm³/mol. The van der Waals surface area contributed by atoms with E-state index >= 15 is 0 Å². The highest BCUT2D eigenvalue weighted by Crippen LogP contribution is 2.51. The van der Waals surface area contributed by atoms with Crippen molar-refractivity contribution in [3.63, 3.8) is 0 Å². The number of amides is 1.